The SMILES string of the molecule is CCNc1nc(N)c(C(=O)N2CCC(OCCO)CC2)s1. The zero-order valence-corrected chi connectivity index (χ0v) is 13.0. The summed E-state index contributed by atoms with van der Waals surface area (Å²) in [5, 5.41) is 12.5. The average molecular weight is 314 g/mol. The highest BCUT2D eigenvalue weighted by Crippen LogP contribution is 2.27. The summed E-state index contributed by atoms with van der Waals surface area (Å²) in [5.41, 5.74) is 5.83. The Labute approximate surface area is 128 Å². The number of nitrogen functional groups attached to an aromatic ring is 1. The Kier molecular flexibility index (Phi) is 5.77. The van der Waals surface area contributed by atoms with E-state index in [0.717, 1.165) is 19.4 Å². The van der Waals surface area contributed by atoms with Crippen LogP contribution in [0.4, 0.5) is 10.9 Å². The number of aliphatic hydroxyl groups excluding tert-OH is 1. The van der Waals surface area contributed by atoms with Crippen molar-refractivity contribution in [2.75, 3.05) is 43.9 Å². The van der Waals surface area contributed by atoms with Crippen LogP contribution in [0.15, 0.2) is 0 Å². The Morgan fingerprint density at radius 2 is 2.29 bits per heavy atom. The van der Waals surface area contributed by atoms with Crippen molar-refractivity contribution in [1.82, 2.24) is 9.88 Å². The van der Waals surface area contributed by atoms with Gasteiger partial charge in [0.2, 0.25) is 0 Å². The molecule has 0 radical (unpaired) electrons. The maximum Gasteiger partial charge on any atom is 0.267 e. The fourth-order valence-electron chi connectivity index (χ4n) is 2.30. The van der Waals surface area contributed by atoms with Crippen molar-refractivity contribution in [3.05, 3.63) is 4.88 Å². The molecule has 1 aromatic rings. The molecule has 2 rings (SSSR count). The highest BCUT2D eigenvalue weighted by atomic mass is 32.1. The first-order chi connectivity index (χ1) is 10.2. The van der Waals surface area contributed by atoms with Gasteiger partial charge in [0, 0.05) is 19.6 Å². The number of carbonyl (C=O) groups excluding carboxylic acids is 1. The van der Waals surface area contributed by atoms with E-state index in [4.69, 9.17) is 15.6 Å². The van der Waals surface area contributed by atoms with E-state index in [0.29, 0.717) is 35.5 Å². The summed E-state index contributed by atoms with van der Waals surface area (Å²) < 4.78 is 5.49. The van der Waals surface area contributed by atoms with Gasteiger partial charge in [-0.1, -0.05) is 11.3 Å². The molecule has 0 aromatic carbocycles. The number of carbonyl (C=O) groups is 1. The Balaban J connectivity index is 1.92. The van der Waals surface area contributed by atoms with Gasteiger partial charge in [0.05, 0.1) is 19.3 Å². The highest BCUT2D eigenvalue weighted by molar-refractivity contribution is 7.18. The molecule has 0 saturated carbocycles. The largest absolute Gasteiger partial charge is 0.394 e. The molecule has 0 unspecified atom stereocenters. The topological polar surface area (TPSA) is 101 Å². The molecular formula is C13H22N4O3S. The molecule has 1 aromatic heterocycles. The number of hydrogen-bond donors (Lipinski definition) is 3. The summed E-state index contributed by atoms with van der Waals surface area (Å²) in [5.74, 6) is 0.231. The van der Waals surface area contributed by atoms with E-state index in [-0.39, 0.29) is 18.6 Å². The van der Waals surface area contributed by atoms with Gasteiger partial charge in [0.25, 0.3) is 5.91 Å². The number of aliphatic hydroxyl groups is 1. The van der Waals surface area contributed by atoms with Crippen LogP contribution in [0.2, 0.25) is 0 Å². The maximum atomic E-state index is 12.5. The molecule has 1 aliphatic heterocycles. The quantitative estimate of drug-likeness (QED) is 0.717. The van der Waals surface area contributed by atoms with Gasteiger partial charge in [0.15, 0.2) is 5.13 Å². The lowest BCUT2D eigenvalue weighted by atomic mass is 10.1. The summed E-state index contributed by atoms with van der Waals surface area (Å²) >= 11 is 1.30. The molecule has 4 N–H and O–H groups in total. The van der Waals surface area contributed by atoms with Gasteiger partial charge in [-0.2, -0.15) is 0 Å². The Hall–Kier alpha value is -1.38. The summed E-state index contributed by atoms with van der Waals surface area (Å²) in [6.45, 7) is 4.38. The number of thiazole rings is 1. The Morgan fingerprint density at radius 1 is 1.57 bits per heavy atom. The molecule has 21 heavy (non-hydrogen) atoms. The van der Waals surface area contributed by atoms with Crippen LogP contribution in [0, 0.1) is 0 Å². The van der Waals surface area contributed by atoms with Crippen LogP contribution in [0.1, 0.15) is 29.4 Å². The highest BCUT2D eigenvalue weighted by Gasteiger charge is 2.27. The van der Waals surface area contributed by atoms with Crippen molar-refractivity contribution in [3.8, 4) is 0 Å². The first kappa shape index (κ1) is 16.0. The second-order valence-corrected chi connectivity index (χ2v) is 5.85. The van der Waals surface area contributed by atoms with E-state index in [1.165, 1.54) is 11.3 Å². The zero-order valence-electron chi connectivity index (χ0n) is 12.2. The van der Waals surface area contributed by atoms with Crippen LogP contribution < -0.4 is 11.1 Å². The van der Waals surface area contributed by atoms with Crippen LogP contribution in [0.25, 0.3) is 0 Å². The average Bonchev–Trinajstić information content (AvgIpc) is 2.86. The lowest BCUT2D eigenvalue weighted by Gasteiger charge is -2.31. The van der Waals surface area contributed by atoms with Crippen molar-refractivity contribution in [3.63, 3.8) is 0 Å². The van der Waals surface area contributed by atoms with Gasteiger partial charge in [-0.05, 0) is 19.8 Å². The molecule has 7 nitrogen and oxygen atoms in total. The van der Waals surface area contributed by atoms with E-state index in [1.807, 2.05) is 6.92 Å². The number of rotatable bonds is 6. The molecule has 0 bridgehead atoms. The van der Waals surface area contributed by atoms with Gasteiger partial charge in [-0.3, -0.25) is 4.79 Å². The van der Waals surface area contributed by atoms with Crippen molar-refractivity contribution < 1.29 is 14.6 Å². The number of anilines is 2. The third-order valence-electron chi connectivity index (χ3n) is 3.35. The number of aromatic nitrogens is 1. The Morgan fingerprint density at radius 3 is 2.90 bits per heavy atom. The van der Waals surface area contributed by atoms with Gasteiger partial charge in [-0.25, -0.2) is 4.98 Å². The predicted octanol–water partition coefficient (Wildman–Crippen LogP) is 0.771. The first-order valence-electron chi connectivity index (χ1n) is 7.17. The van der Waals surface area contributed by atoms with Crippen molar-refractivity contribution in [2.45, 2.75) is 25.9 Å². The fraction of sp³-hybridized carbons (Fsp3) is 0.692. The van der Waals surface area contributed by atoms with Crippen molar-refractivity contribution >= 4 is 28.2 Å². The van der Waals surface area contributed by atoms with E-state index in [2.05, 4.69) is 10.3 Å². The summed E-state index contributed by atoms with van der Waals surface area (Å²) in [6.07, 6.45) is 1.69. The number of amides is 1. The maximum absolute atomic E-state index is 12.5. The summed E-state index contributed by atoms with van der Waals surface area (Å²) in [6, 6.07) is 0. The standard InChI is InChI=1S/C13H22N4O3S/c1-2-15-13-16-11(14)10(21-13)12(19)17-5-3-9(4-6-17)20-8-7-18/h9,18H,2-8,14H2,1H3,(H,15,16). The minimum absolute atomic E-state index is 0.0315. The number of piperidine rings is 1. The van der Waals surface area contributed by atoms with E-state index in [9.17, 15) is 4.79 Å². The number of ether oxygens (including phenoxy) is 1. The first-order valence-corrected chi connectivity index (χ1v) is 7.99. The third-order valence-corrected chi connectivity index (χ3v) is 4.37. The Bertz CT molecular complexity index is 472. The fourth-order valence-corrected chi connectivity index (χ4v) is 3.22. The van der Waals surface area contributed by atoms with Crippen LogP contribution >= 0.6 is 11.3 Å². The lowest BCUT2D eigenvalue weighted by Crippen LogP contribution is -2.41. The van der Waals surface area contributed by atoms with Crippen LogP contribution in [0.5, 0.6) is 0 Å². The molecule has 118 valence electrons. The predicted molar refractivity (Wildman–Crippen MR) is 82.7 cm³/mol. The number of hydrogen-bond acceptors (Lipinski definition) is 7. The second kappa shape index (κ2) is 7.58. The van der Waals surface area contributed by atoms with E-state index in [1.54, 1.807) is 4.90 Å². The molecule has 1 aliphatic rings. The van der Waals surface area contributed by atoms with Crippen LogP contribution in [0.3, 0.4) is 0 Å². The van der Waals surface area contributed by atoms with Crippen LogP contribution in [-0.2, 0) is 4.74 Å². The van der Waals surface area contributed by atoms with Crippen molar-refractivity contribution in [2.24, 2.45) is 0 Å². The summed E-state index contributed by atoms with van der Waals surface area (Å²) in [7, 11) is 0. The molecule has 0 spiro atoms. The summed E-state index contributed by atoms with van der Waals surface area (Å²) in [4.78, 5) is 18.9. The molecule has 8 heteroatoms. The van der Waals surface area contributed by atoms with Gasteiger partial charge >= 0.3 is 0 Å². The third kappa shape index (κ3) is 4.05. The van der Waals surface area contributed by atoms with Crippen LogP contribution in [-0.4, -0.2) is 59.8 Å². The molecule has 1 amide bonds. The number of likely N-dealkylation sites (tertiary alicyclic amines) is 1. The molecule has 0 atom stereocenters. The van der Waals surface area contributed by atoms with Crippen molar-refractivity contribution in [1.29, 1.82) is 0 Å². The molecule has 0 aliphatic carbocycles. The molecule has 1 saturated heterocycles. The number of nitrogens with zero attached hydrogens (tertiary/aromatic N) is 2. The lowest BCUT2D eigenvalue weighted by molar-refractivity contribution is -0.00543. The minimum atomic E-state index is -0.0604. The van der Waals surface area contributed by atoms with Gasteiger partial charge < -0.3 is 25.8 Å². The van der Waals surface area contributed by atoms with E-state index < -0.39 is 0 Å². The molecular weight excluding hydrogens is 292 g/mol. The molecule has 1 fully saturated rings. The number of nitrogens with two attached hydrogens (primary N) is 1. The number of nitrogens with one attached hydrogen (secondary N) is 1. The van der Waals surface area contributed by atoms with E-state index >= 15 is 0 Å². The molecule has 2 heterocycles. The normalized spacial score (nSPS) is 16.2. The zero-order chi connectivity index (χ0) is 15.2. The smallest absolute Gasteiger partial charge is 0.267 e. The minimum Gasteiger partial charge on any atom is -0.394 e. The monoisotopic (exact) mass is 314 g/mol. The van der Waals surface area contributed by atoms with Gasteiger partial charge in [0.1, 0.15) is 10.7 Å². The van der Waals surface area contributed by atoms with Gasteiger partial charge in [-0.15, -0.1) is 0 Å². The second-order valence-electron chi connectivity index (χ2n) is 4.85.